The monoisotopic (exact) mass is 424 g/mol. The zero-order chi connectivity index (χ0) is 21.5. The third kappa shape index (κ3) is 3.76. The minimum atomic E-state index is -3.71. The highest BCUT2D eigenvalue weighted by atomic mass is 32.2. The van der Waals surface area contributed by atoms with Crippen LogP contribution in [0.1, 0.15) is 37.9 Å². The lowest BCUT2D eigenvalue weighted by Crippen LogP contribution is -2.33. The molecule has 0 saturated heterocycles. The summed E-state index contributed by atoms with van der Waals surface area (Å²) in [5.41, 5.74) is 3.48. The van der Waals surface area contributed by atoms with E-state index in [0.29, 0.717) is 6.42 Å². The van der Waals surface area contributed by atoms with Crippen molar-refractivity contribution in [1.82, 2.24) is 14.3 Å². The summed E-state index contributed by atoms with van der Waals surface area (Å²) < 4.78 is 30.6. The Kier molecular flexibility index (Phi) is 5.21. The molecule has 0 bridgehead atoms. The number of sulfonamides is 1. The number of fused-ring (bicyclic) bond motifs is 1. The smallest absolute Gasteiger partial charge is 0.241 e. The lowest BCUT2D eigenvalue weighted by molar-refractivity contribution is -0.116. The second-order valence-corrected chi connectivity index (χ2v) is 9.35. The number of carbonyl (C=O) groups excluding carboxylic acids is 1. The summed E-state index contributed by atoms with van der Waals surface area (Å²) >= 11 is 0. The molecule has 0 fully saturated rings. The Hall–Kier alpha value is -2.97. The van der Waals surface area contributed by atoms with Crippen molar-refractivity contribution in [3.05, 3.63) is 72.3 Å². The summed E-state index contributed by atoms with van der Waals surface area (Å²) in [5, 5.41) is 0. The summed E-state index contributed by atoms with van der Waals surface area (Å²) in [4.78, 5) is 17.8. The van der Waals surface area contributed by atoms with E-state index in [2.05, 4.69) is 9.71 Å². The Morgan fingerprint density at radius 3 is 2.57 bits per heavy atom. The lowest BCUT2D eigenvalue weighted by Gasteiger charge is -2.20. The SMILES string of the molecule is CC(=O)N1c2ccc(S(=O)(=O)NC(C)c3ccc(-n4ccnc4)cc3)cc2CC1C. The molecule has 0 spiro atoms. The van der Waals surface area contributed by atoms with Crippen molar-refractivity contribution < 1.29 is 13.2 Å². The van der Waals surface area contributed by atoms with Gasteiger partial charge in [0.1, 0.15) is 0 Å². The second kappa shape index (κ2) is 7.70. The van der Waals surface area contributed by atoms with Gasteiger partial charge in [-0.15, -0.1) is 0 Å². The Labute approximate surface area is 176 Å². The van der Waals surface area contributed by atoms with Crippen LogP contribution >= 0.6 is 0 Å². The Morgan fingerprint density at radius 1 is 1.20 bits per heavy atom. The molecular formula is C22H24N4O3S. The van der Waals surface area contributed by atoms with E-state index in [4.69, 9.17) is 0 Å². The molecule has 4 rings (SSSR count). The molecule has 1 N–H and O–H groups in total. The van der Waals surface area contributed by atoms with E-state index >= 15 is 0 Å². The quantitative estimate of drug-likeness (QED) is 0.682. The molecule has 7 nitrogen and oxygen atoms in total. The summed E-state index contributed by atoms with van der Waals surface area (Å²) in [6, 6.07) is 12.2. The van der Waals surface area contributed by atoms with Crippen LogP contribution in [0.2, 0.25) is 0 Å². The van der Waals surface area contributed by atoms with Gasteiger partial charge >= 0.3 is 0 Å². The number of amides is 1. The topological polar surface area (TPSA) is 84.3 Å². The molecule has 2 aromatic carbocycles. The van der Waals surface area contributed by atoms with Crippen molar-refractivity contribution in [2.45, 2.75) is 44.2 Å². The van der Waals surface area contributed by atoms with Gasteiger partial charge in [-0.25, -0.2) is 18.1 Å². The fourth-order valence-corrected chi connectivity index (χ4v) is 5.25. The van der Waals surface area contributed by atoms with E-state index in [9.17, 15) is 13.2 Å². The lowest BCUT2D eigenvalue weighted by atomic mass is 10.1. The van der Waals surface area contributed by atoms with Gasteiger partial charge in [0.15, 0.2) is 0 Å². The van der Waals surface area contributed by atoms with Gasteiger partial charge < -0.3 is 9.47 Å². The fourth-order valence-electron chi connectivity index (χ4n) is 3.97. The minimum Gasteiger partial charge on any atom is -0.309 e. The number of carbonyl (C=O) groups is 1. The fraction of sp³-hybridized carbons (Fsp3) is 0.273. The third-order valence-electron chi connectivity index (χ3n) is 5.44. The molecular weight excluding hydrogens is 400 g/mol. The number of imidazole rings is 1. The predicted molar refractivity (Wildman–Crippen MR) is 115 cm³/mol. The first kappa shape index (κ1) is 20.3. The highest BCUT2D eigenvalue weighted by molar-refractivity contribution is 7.89. The van der Waals surface area contributed by atoms with E-state index in [1.165, 1.54) is 6.92 Å². The molecule has 0 saturated carbocycles. The van der Waals surface area contributed by atoms with Crippen molar-refractivity contribution >= 4 is 21.6 Å². The number of nitrogens with one attached hydrogen (secondary N) is 1. The van der Waals surface area contributed by atoms with Gasteiger partial charge in [-0.05, 0) is 61.7 Å². The first-order valence-electron chi connectivity index (χ1n) is 9.79. The van der Waals surface area contributed by atoms with Crippen LogP contribution in [0.5, 0.6) is 0 Å². The first-order chi connectivity index (χ1) is 14.3. The van der Waals surface area contributed by atoms with Crippen molar-refractivity contribution in [2.75, 3.05) is 4.90 Å². The third-order valence-corrected chi connectivity index (χ3v) is 6.98. The predicted octanol–water partition coefficient (Wildman–Crippen LogP) is 3.21. The molecule has 2 atom stereocenters. The molecule has 2 heterocycles. The molecule has 30 heavy (non-hydrogen) atoms. The summed E-state index contributed by atoms with van der Waals surface area (Å²) in [6.45, 7) is 5.30. The first-order valence-corrected chi connectivity index (χ1v) is 11.3. The van der Waals surface area contributed by atoms with Crippen LogP contribution in [0.25, 0.3) is 5.69 Å². The van der Waals surface area contributed by atoms with Gasteiger partial charge in [-0.3, -0.25) is 4.79 Å². The summed E-state index contributed by atoms with van der Waals surface area (Å²) in [7, 11) is -3.71. The molecule has 8 heteroatoms. The van der Waals surface area contributed by atoms with Crippen LogP contribution in [0.15, 0.2) is 66.1 Å². The maximum absolute atomic E-state index is 13.0. The van der Waals surface area contributed by atoms with Crippen LogP contribution in [0.4, 0.5) is 5.69 Å². The molecule has 1 amide bonds. The number of nitrogens with zero attached hydrogens (tertiary/aromatic N) is 3. The summed E-state index contributed by atoms with van der Waals surface area (Å²) in [6.07, 6.45) is 5.91. The number of hydrogen-bond donors (Lipinski definition) is 1. The standard InChI is InChI=1S/C22H24N4O3S/c1-15-12-19-13-21(8-9-22(19)26(15)17(3)27)30(28,29)24-16(2)18-4-6-20(7-5-18)25-11-10-23-14-25/h4-11,13-16,24H,12H2,1-3H3. The molecule has 2 unspecified atom stereocenters. The summed E-state index contributed by atoms with van der Waals surface area (Å²) in [5.74, 6) is -0.0391. The van der Waals surface area contributed by atoms with Gasteiger partial charge in [0, 0.05) is 42.8 Å². The highest BCUT2D eigenvalue weighted by Gasteiger charge is 2.30. The van der Waals surface area contributed by atoms with Gasteiger partial charge in [-0.2, -0.15) is 0 Å². The molecule has 1 aliphatic heterocycles. The Bertz CT molecular complexity index is 1170. The van der Waals surface area contributed by atoms with Crippen LogP contribution in [-0.2, 0) is 21.2 Å². The molecule has 0 aliphatic carbocycles. The normalized spacial score (nSPS) is 17.0. The largest absolute Gasteiger partial charge is 0.309 e. The average Bonchev–Trinajstić information content (AvgIpc) is 3.34. The maximum atomic E-state index is 13.0. The Balaban J connectivity index is 1.53. The molecule has 156 valence electrons. The van der Waals surface area contributed by atoms with Crippen LogP contribution in [-0.4, -0.2) is 29.9 Å². The van der Waals surface area contributed by atoms with E-state index in [1.54, 1.807) is 35.6 Å². The highest BCUT2D eigenvalue weighted by Crippen LogP contribution is 2.34. The zero-order valence-electron chi connectivity index (χ0n) is 17.1. The molecule has 0 radical (unpaired) electrons. The van der Waals surface area contributed by atoms with E-state index in [-0.39, 0.29) is 16.8 Å². The van der Waals surface area contributed by atoms with E-state index in [1.807, 2.05) is 48.9 Å². The minimum absolute atomic E-state index is 0.0244. The van der Waals surface area contributed by atoms with E-state index in [0.717, 1.165) is 22.5 Å². The number of aromatic nitrogens is 2. The van der Waals surface area contributed by atoms with Crippen molar-refractivity contribution in [3.8, 4) is 5.69 Å². The van der Waals surface area contributed by atoms with Gasteiger partial charge in [0.05, 0.1) is 11.2 Å². The molecule has 1 aromatic heterocycles. The van der Waals surface area contributed by atoms with Crippen LogP contribution < -0.4 is 9.62 Å². The van der Waals surface area contributed by atoms with Crippen molar-refractivity contribution in [3.63, 3.8) is 0 Å². The number of hydrogen-bond acceptors (Lipinski definition) is 4. The average molecular weight is 425 g/mol. The number of benzene rings is 2. The van der Waals surface area contributed by atoms with Gasteiger partial charge in [-0.1, -0.05) is 12.1 Å². The second-order valence-electron chi connectivity index (χ2n) is 7.64. The zero-order valence-corrected chi connectivity index (χ0v) is 17.9. The molecule has 1 aliphatic rings. The molecule has 3 aromatic rings. The Morgan fingerprint density at radius 2 is 1.93 bits per heavy atom. The van der Waals surface area contributed by atoms with Crippen LogP contribution in [0, 0.1) is 0 Å². The number of rotatable bonds is 5. The number of anilines is 1. The van der Waals surface area contributed by atoms with Crippen LogP contribution in [0.3, 0.4) is 0 Å². The van der Waals surface area contributed by atoms with Gasteiger partial charge in [0.25, 0.3) is 0 Å². The maximum Gasteiger partial charge on any atom is 0.241 e. The van der Waals surface area contributed by atoms with E-state index < -0.39 is 16.1 Å². The van der Waals surface area contributed by atoms with Crippen molar-refractivity contribution in [2.24, 2.45) is 0 Å². The van der Waals surface area contributed by atoms with Gasteiger partial charge in [0.2, 0.25) is 15.9 Å². The van der Waals surface area contributed by atoms with Crippen molar-refractivity contribution in [1.29, 1.82) is 0 Å².